The molecule has 2 aliphatic rings. The highest BCUT2D eigenvalue weighted by atomic mass is 16.7. The van der Waals surface area contributed by atoms with Crippen molar-refractivity contribution in [3.05, 3.63) is 71.8 Å². The summed E-state index contributed by atoms with van der Waals surface area (Å²) in [6, 6.07) is 16.8. The van der Waals surface area contributed by atoms with Crippen molar-refractivity contribution in [3.8, 4) is 0 Å². The molecule has 2 fully saturated rings. The topological polar surface area (TPSA) is 163 Å². The van der Waals surface area contributed by atoms with E-state index in [1.165, 1.54) is 9.80 Å². The Balaban J connectivity index is 1.63. The monoisotopic (exact) mass is 607 g/mol. The van der Waals surface area contributed by atoms with Crippen LogP contribution >= 0.6 is 0 Å². The molecule has 12 heteroatoms. The lowest BCUT2D eigenvalue weighted by atomic mass is 9.95. The fraction of sp³-hybridized carbons (Fsp3) is 0.469. The number of fused-ring (bicyclic) bond motifs is 1. The van der Waals surface area contributed by atoms with Crippen LogP contribution in [0.2, 0.25) is 0 Å². The minimum Gasteiger partial charge on any atom is -0.463 e. The van der Waals surface area contributed by atoms with Crippen LogP contribution in [-0.4, -0.2) is 87.1 Å². The Bertz CT molecular complexity index is 1320. The summed E-state index contributed by atoms with van der Waals surface area (Å²) in [5.41, 5.74) is 7.35. The van der Waals surface area contributed by atoms with Crippen LogP contribution in [0.3, 0.4) is 0 Å². The van der Waals surface area contributed by atoms with E-state index in [1.54, 1.807) is 0 Å². The zero-order valence-electron chi connectivity index (χ0n) is 25.1. The Morgan fingerprint density at radius 1 is 1.00 bits per heavy atom. The van der Waals surface area contributed by atoms with Gasteiger partial charge in [0.05, 0.1) is 6.54 Å². The van der Waals surface area contributed by atoms with Gasteiger partial charge in [-0.3, -0.25) is 24.0 Å². The summed E-state index contributed by atoms with van der Waals surface area (Å²) < 4.78 is 0. The number of carboxylic acid groups (broad SMARTS) is 1. The van der Waals surface area contributed by atoms with Gasteiger partial charge in [-0.1, -0.05) is 74.5 Å². The highest BCUT2D eigenvalue weighted by Crippen LogP contribution is 2.32. The van der Waals surface area contributed by atoms with Crippen LogP contribution in [0.25, 0.3) is 0 Å². The van der Waals surface area contributed by atoms with E-state index < -0.39 is 54.1 Å². The Morgan fingerprint density at radius 2 is 1.64 bits per heavy atom. The predicted octanol–water partition coefficient (Wildman–Crippen LogP) is 2.32. The van der Waals surface area contributed by atoms with Crippen molar-refractivity contribution in [2.75, 3.05) is 13.1 Å². The van der Waals surface area contributed by atoms with Crippen LogP contribution in [0.15, 0.2) is 60.7 Å². The van der Waals surface area contributed by atoms with E-state index >= 15 is 0 Å². The highest BCUT2D eigenvalue weighted by Gasteiger charge is 2.54. The molecule has 0 bridgehead atoms. The predicted molar refractivity (Wildman–Crippen MR) is 160 cm³/mol. The quantitative estimate of drug-likeness (QED) is 0.294. The van der Waals surface area contributed by atoms with E-state index in [1.807, 2.05) is 74.5 Å². The maximum absolute atomic E-state index is 14.2. The Morgan fingerprint density at radius 3 is 2.23 bits per heavy atom. The molecule has 0 spiro atoms. The molecule has 2 heterocycles. The Hall–Kier alpha value is -4.45. The lowest BCUT2D eigenvalue weighted by Gasteiger charge is -2.53. The van der Waals surface area contributed by atoms with E-state index in [0.29, 0.717) is 18.0 Å². The fourth-order valence-electron chi connectivity index (χ4n) is 5.79. The van der Waals surface area contributed by atoms with Gasteiger partial charge in [-0.2, -0.15) is 5.06 Å². The number of benzene rings is 2. The third kappa shape index (κ3) is 7.93. The van der Waals surface area contributed by atoms with Crippen molar-refractivity contribution in [3.63, 3.8) is 0 Å². The Labute approximate surface area is 257 Å². The molecule has 4 N–H and O–H groups in total. The number of nitrogens with two attached hydrogens (primary N) is 1. The van der Waals surface area contributed by atoms with Gasteiger partial charge < -0.3 is 26.0 Å². The van der Waals surface area contributed by atoms with Gasteiger partial charge in [0.2, 0.25) is 17.7 Å². The minimum atomic E-state index is -1.44. The Kier molecular flexibility index (Phi) is 10.9. The molecule has 5 amide bonds. The van der Waals surface area contributed by atoms with Crippen LogP contribution in [0, 0.1) is 5.92 Å². The molecular weight excluding hydrogens is 566 g/mol. The van der Waals surface area contributed by atoms with E-state index in [4.69, 9.17) is 10.6 Å². The molecule has 236 valence electrons. The largest absolute Gasteiger partial charge is 0.463 e. The molecule has 4 atom stereocenters. The first-order valence-electron chi connectivity index (χ1n) is 15.0. The average Bonchev–Trinajstić information content (AvgIpc) is 2.99. The third-order valence-electron chi connectivity index (χ3n) is 7.90. The van der Waals surface area contributed by atoms with Gasteiger partial charge >= 0.3 is 6.09 Å². The number of amides is 5. The van der Waals surface area contributed by atoms with Crippen LogP contribution in [0.5, 0.6) is 0 Å². The second kappa shape index (κ2) is 14.8. The number of carbonyl (C=O) groups is 5. The maximum Gasteiger partial charge on any atom is 0.433 e. The molecular formula is C32H41N5O7. The molecule has 2 aromatic rings. The first-order chi connectivity index (χ1) is 21.1. The van der Waals surface area contributed by atoms with E-state index in [9.17, 15) is 29.1 Å². The molecule has 4 rings (SSSR count). The molecule has 2 aliphatic heterocycles. The molecule has 0 aromatic heterocycles. The van der Waals surface area contributed by atoms with Gasteiger partial charge in [-0.15, -0.1) is 0 Å². The number of nitrogens with zero attached hydrogens (tertiary/aromatic N) is 3. The van der Waals surface area contributed by atoms with Crippen molar-refractivity contribution in [1.29, 1.82) is 0 Å². The van der Waals surface area contributed by atoms with Crippen molar-refractivity contribution in [1.82, 2.24) is 20.2 Å². The number of rotatable bonds is 13. The minimum absolute atomic E-state index is 0.00181. The smallest absolute Gasteiger partial charge is 0.433 e. The summed E-state index contributed by atoms with van der Waals surface area (Å²) in [6.45, 7) is 3.82. The van der Waals surface area contributed by atoms with Crippen molar-refractivity contribution in [2.45, 2.75) is 76.7 Å². The molecule has 2 saturated heterocycles. The first kappa shape index (κ1) is 32.5. The summed E-state index contributed by atoms with van der Waals surface area (Å²) in [5.74, 6) is -2.16. The lowest BCUT2D eigenvalue weighted by molar-refractivity contribution is -0.268. The number of hydrogen-bond acceptors (Lipinski definition) is 6. The molecule has 0 radical (unpaired) electrons. The standard InChI is InChI=1S/C32H41N5O7/c1-21(2)18-26-31(41)36-24(15-16-27(33)38)30(40)35(20-28(36)37(44-26)32(42)43)25(19-23-12-7-4-8-13-23)29(39)34-17-9-14-22-10-5-3-6-11-22/h3-8,10-13,21,24-26,28H,9,14-20H2,1-2H3,(H2,33,38)(H,34,39)(H,42,43)/t24-,25-,26+,28?/m0/s1. The zero-order chi connectivity index (χ0) is 31.8. The van der Waals surface area contributed by atoms with Crippen LogP contribution < -0.4 is 11.1 Å². The zero-order valence-corrected chi connectivity index (χ0v) is 25.1. The summed E-state index contributed by atoms with van der Waals surface area (Å²) in [4.78, 5) is 74.0. The number of nitrogens with one attached hydrogen (secondary N) is 1. The van der Waals surface area contributed by atoms with Crippen LogP contribution in [0.4, 0.5) is 4.79 Å². The van der Waals surface area contributed by atoms with Gasteiger partial charge in [0.1, 0.15) is 12.1 Å². The molecule has 0 saturated carbocycles. The summed E-state index contributed by atoms with van der Waals surface area (Å²) in [6.07, 6.45) is -2.29. The SMILES string of the molecule is CC(C)C[C@H]1ON(C(=O)O)C2CN([C@@H](Cc3ccccc3)C(=O)NCCCc3ccccc3)C(=O)[C@H](CCC(N)=O)N2C1=O. The maximum atomic E-state index is 14.2. The van der Waals surface area contributed by atoms with Gasteiger partial charge in [-0.05, 0) is 42.7 Å². The van der Waals surface area contributed by atoms with Gasteiger partial charge in [-0.25, -0.2) is 4.79 Å². The van der Waals surface area contributed by atoms with Gasteiger partial charge in [0.25, 0.3) is 5.91 Å². The second-order valence-electron chi connectivity index (χ2n) is 11.7. The van der Waals surface area contributed by atoms with Gasteiger partial charge in [0, 0.05) is 19.4 Å². The van der Waals surface area contributed by atoms with Crippen molar-refractivity contribution in [2.24, 2.45) is 11.7 Å². The molecule has 2 aromatic carbocycles. The third-order valence-corrected chi connectivity index (χ3v) is 7.90. The molecule has 1 unspecified atom stereocenters. The number of aryl methyl sites for hydroxylation is 1. The van der Waals surface area contributed by atoms with Crippen molar-refractivity contribution < 1.29 is 33.9 Å². The first-order valence-corrected chi connectivity index (χ1v) is 15.0. The number of hydroxylamine groups is 2. The van der Waals surface area contributed by atoms with Crippen molar-refractivity contribution >= 4 is 29.7 Å². The number of carbonyl (C=O) groups excluding carboxylic acids is 4. The average molecular weight is 608 g/mol. The summed E-state index contributed by atoms with van der Waals surface area (Å²) >= 11 is 0. The molecule has 0 aliphatic carbocycles. The number of piperazine rings is 1. The van der Waals surface area contributed by atoms with E-state index in [-0.39, 0.29) is 38.1 Å². The van der Waals surface area contributed by atoms with E-state index in [0.717, 1.165) is 17.5 Å². The summed E-state index contributed by atoms with van der Waals surface area (Å²) in [7, 11) is 0. The summed E-state index contributed by atoms with van der Waals surface area (Å²) in [5, 5.41) is 13.7. The van der Waals surface area contributed by atoms with Gasteiger partial charge in [0.15, 0.2) is 12.3 Å². The number of primary amides is 1. The molecule has 12 nitrogen and oxygen atoms in total. The van der Waals surface area contributed by atoms with E-state index in [2.05, 4.69) is 5.32 Å². The fourth-order valence-corrected chi connectivity index (χ4v) is 5.79. The number of hydrogen-bond donors (Lipinski definition) is 3. The second-order valence-corrected chi connectivity index (χ2v) is 11.7. The van der Waals surface area contributed by atoms with Crippen LogP contribution in [-0.2, 0) is 36.9 Å². The normalized spacial score (nSPS) is 20.8. The van der Waals surface area contributed by atoms with Crippen LogP contribution in [0.1, 0.15) is 50.7 Å². The highest BCUT2D eigenvalue weighted by molar-refractivity contribution is 5.95. The lowest BCUT2D eigenvalue weighted by Crippen LogP contribution is -2.75. The molecule has 44 heavy (non-hydrogen) atoms.